The molecule has 3 N–H and O–H groups in total. The van der Waals surface area contributed by atoms with Gasteiger partial charge in [0, 0.05) is 24.0 Å². The number of nitrogens with zero attached hydrogens (tertiary/aromatic N) is 2. The van der Waals surface area contributed by atoms with E-state index in [-0.39, 0.29) is 17.4 Å². The average Bonchev–Trinajstić information content (AvgIpc) is 3.09. The molecule has 2 aromatic rings. The van der Waals surface area contributed by atoms with Crippen molar-refractivity contribution in [1.29, 1.82) is 0 Å². The van der Waals surface area contributed by atoms with E-state index >= 15 is 0 Å². The van der Waals surface area contributed by atoms with Crippen LogP contribution in [0.15, 0.2) is 43.2 Å². The minimum atomic E-state index is -0.427. The van der Waals surface area contributed by atoms with Crippen molar-refractivity contribution in [2.24, 2.45) is 0 Å². The maximum absolute atomic E-state index is 12.6. The Bertz CT molecular complexity index is 782. The number of amides is 2. The van der Waals surface area contributed by atoms with Gasteiger partial charge in [0.25, 0.3) is 5.91 Å². The number of phenols is 1. The van der Waals surface area contributed by atoms with Crippen LogP contribution in [0.25, 0.3) is 0 Å². The average molecular weight is 342 g/mol. The third kappa shape index (κ3) is 4.47. The predicted octanol–water partition coefficient (Wildman–Crippen LogP) is 2.61. The van der Waals surface area contributed by atoms with Crippen molar-refractivity contribution >= 4 is 17.5 Å². The molecule has 0 aliphatic rings. The maximum Gasteiger partial charge on any atom is 0.255 e. The zero-order valence-electron chi connectivity index (χ0n) is 14.3. The molecule has 0 aliphatic carbocycles. The maximum atomic E-state index is 12.6. The second-order valence-electron chi connectivity index (χ2n) is 5.49. The number of phenolic OH excluding ortho intramolecular Hbond substituents is 1. The van der Waals surface area contributed by atoms with Gasteiger partial charge < -0.3 is 15.7 Å². The number of nitrogens with one attached hydrogen (secondary N) is 2. The first kappa shape index (κ1) is 18.3. The van der Waals surface area contributed by atoms with E-state index in [1.807, 2.05) is 20.0 Å². The summed E-state index contributed by atoms with van der Waals surface area (Å²) >= 11 is 0. The van der Waals surface area contributed by atoms with Crippen LogP contribution in [0.4, 0.5) is 5.69 Å². The molecule has 1 unspecified atom stereocenters. The van der Waals surface area contributed by atoms with Gasteiger partial charge in [-0.15, -0.1) is 0 Å². The number of hydrogen-bond acceptors (Lipinski definition) is 4. The fourth-order valence-corrected chi connectivity index (χ4v) is 2.38. The zero-order valence-corrected chi connectivity index (χ0v) is 14.3. The van der Waals surface area contributed by atoms with E-state index in [0.717, 1.165) is 18.2 Å². The minimum Gasteiger partial charge on any atom is -0.507 e. The second-order valence-corrected chi connectivity index (χ2v) is 5.49. The molecule has 7 heteroatoms. The van der Waals surface area contributed by atoms with Crippen LogP contribution < -0.4 is 10.6 Å². The molecule has 0 saturated heterocycles. The van der Waals surface area contributed by atoms with Crippen molar-refractivity contribution < 1.29 is 14.7 Å². The van der Waals surface area contributed by atoms with Crippen LogP contribution in [0.2, 0.25) is 0 Å². The van der Waals surface area contributed by atoms with Crippen molar-refractivity contribution in [2.45, 2.75) is 32.9 Å². The highest BCUT2D eigenvalue weighted by molar-refractivity contribution is 6.02. The Hall–Kier alpha value is -3.09. The molecule has 0 bridgehead atoms. The van der Waals surface area contributed by atoms with E-state index in [1.165, 1.54) is 18.2 Å². The number of aryl methyl sites for hydroxylation is 1. The lowest BCUT2D eigenvalue weighted by molar-refractivity contribution is -0.111. The molecule has 0 radical (unpaired) electrons. The first-order chi connectivity index (χ1) is 12.0. The van der Waals surface area contributed by atoms with Crippen LogP contribution in [0.1, 0.15) is 42.2 Å². The van der Waals surface area contributed by atoms with Crippen molar-refractivity contribution in [3.63, 3.8) is 0 Å². The van der Waals surface area contributed by atoms with Gasteiger partial charge in [0.2, 0.25) is 5.91 Å². The van der Waals surface area contributed by atoms with E-state index in [0.29, 0.717) is 12.1 Å². The summed E-state index contributed by atoms with van der Waals surface area (Å²) in [4.78, 5) is 23.9. The summed E-state index contributed by atoms with van der Waals surface area (Å²) < 4.78 is 1.78. The zero-order chi connectivity index (χ0) is 18.4. The molecular weight excluding hydrogens is 320 g/mol. The minimum absolute atomic E-state index is 0.0863. The van der Waals surface area contributed by atoms with E-state index in [9.17, 15) is 14.7 Å². The quantitative estimate of drug-likeness (QED) is 0.532. The molecule has 2 amide bonds. The second kappa shape index (κ2) is 8.14. The summed E-state index contributed by atoms with van der Waals surface area (Å²) in [7, 11) is 0. The molecule has 132 valence electrons. The highest BCUT2D eigenvalue weighted by atomic mass is 16.3. The Morgan fingerprint density at radius 2 is 2.16 bits per heavy atom. The Kier molecular flexibility index (Phi) is 5.94. The highest BCUT2D eigenvalue weighted by Crippen LogP contribution is 2.23. The van der Waals surface area contributed by atoms with E-state index in [2.05, 4.69) is 22.3 Å². The first-order valence-corrected chi connectivity index (χ1v) is 8.08. The Labute approximate surface area is 146 Å². The summed E-state index contributed by atoms with van der Waals surface area (Å²) in [6.45, 7) is 8.06. The monoisotopic (exact) mass is 342 g/mol. The molecule has 1 heterocycles. The van der Waals surface area contributed by atoms with Crippen molar-refractivity contribution in [1.82, 2.24) is 15.1 Å². The van der Waals surface area contributed by atoms with Crippen LogP contribution in [0.3, 0.4) is 0 Å². The lowest BCUT2D eigenvalue weighted by Crippen LogP contribution is -2.28. The Balaban J connectivity index is 2.19. The van der Waals surface area contributed by atoms with E-state index in [1.54, 1.807) is 10.9 Å². The number of aromatic nitrogens is 2. The highest BCUT2D eigenvalue weighted by Gasteiger charge is 2.18. The molecule has 1 aromatic carbocycles. The lowest BCUT2D eigenvalue weighted by atomic mass is 10.1. The largest absolute Gasteiger partial charge is 0.507 e. The van der Waals surface area contributed by atoms with Gasteiger partial charge in [-0.2, -0.15) is 5.10 Å². The van der Waals surface area contributed by atoms with E-state index < -0.39 is 11.8 Å². The summed E-state index contributed by atoms with van der Waals surface area (Å²) in [5, 5.41) is 19.7. The van der Waals surface area contributed by atoms with Gasteiger partial charge in [-0.1, -0.05) is 13.5 Å². The number of carbonyl (C=O) groups is 2. The van der Waals surface area contributed by atoms with Crippen LogP contribution in [0.5, 0.6) is 5.75 Å². The lowest BCUT2D eigenvalue weighted by Gasteiger charge is -2.16. The number of benzene rings is 1. The standard InChI is InChI=1S/C18H22N4O3/c1-4-15(12-10-19-22(6-3)11-12)21-18(25)14-9-13(7-8-16(14)23)20-17(24)5-2/h5,7-11,15,23H,2,4,6H2,1,3H3,(H,20,24)(H,21,25). The van der Waals surface area contributed by atoms with Crippen molar-refractivity contribution in [2.75, 3.05) is 5.32 Å². The fraction of sp³-hybridized carbons (Fsp3) is 0.278. The van der Waals surface area contributed by atoms with Crippen LogP contribution in [-0.4, -0.2) is 26.7 Å². The van der Waals surface area contributed by atoms with Crippen molar-refractivity contribution in [3.8, 4) is 5.75 Å². The predicted molar refractivity (Wildman–Crippen MR) is 95.3 cm³/mol. The Morgan fingerprint density at radius 3 is 2.76 bits per heavy atom. The number of aromatic hydroxyl groups is 1. The summed E-state index contributed by atoms with van der Waals surface area (Å²) in [5.74, 6) is -0.980. The molecule has 1 atom stereocenters. The molecule has 0 spiro atoms. The number of anilines is 1. The summed E-state index contributed by atoms with van der Waals surface area (Å²) in [6.07, 6.45) is 5.41. The third-order valence-corrected chi connectivity index (χ3v) is 3.79. The van der Waals surface area contributed by atoms with Crippen LogP contribution in [0, 0.1) is 0 Å². The smallest absolute Gasteiger partial charge is 0.255 e. The fourth-order valence-electron chi connectivity index (χ4n) is 2.38. The van der Waals surface area contributed by atoms with Gasteiger partial charge >= 0.3 is 0 Å². The van der Waals surface area contributed by atoms with Gasteiger partial charge in [0.05, 0.1) is 17.8 Å². The number of hydrogen-bond donors (Lipinski definition) is 3. The molecule has 25 heavy (non-hydrogen) atoms. The van der Waals surface area contributed by atoms with Gasteiger partial charge in [-0.25, -0.2) is 0 Å². The summed E-state index contributed by atoms with van der Waals surface area (Å²) in [5.41, 5.74) is 1.39. The molecular formula is C18H22N4O3. The summed E-state index contributed by atoms with van der Waals surface area (Å²) in [6, 6.07) is 4.08. The molecule has 2 rings (SSSR count). The van der Waals surface area contributed by atoms with Gasteiger partial charge in [-0.3, -0.25) is 14.3 Å². The topological polar surface area (TPSA) is 96.2 Å². The molecule has 0 saturated carbocycles. The SMILES string of the molecule is C=CC(=O)Nc1ccc(O)c(C(=O)NC(CC)c2cnn(CC)c2)c1. The van der Waals surface area contributed by atoms with E-state index in [4.69, 9.17) is 0 Å². The Morgan fingerprint density at radius 1 is 1.40 bits per heavy atom. The normalized spacial score (nSPS) is 11.6. The third-order valence-electron chi connectivity index (χ3n) is 3.79. The number of rotatable bonds is 7. The molecule has 0 fully saturated rings. The molecule has 7 nitrogen and oxygen atoms in total. The number of carbonyl (C=O) groups excluding carboxylic acids is 2. The van der Waals surface area contributed by atoms with Gasteiger partial charge in [-0.05, 0) is 37.6 Å². The van der Waals surface area contributed by atoms with Crippen molar-refractivity contribution in [3.05, 3.63) is 54.4 Å². The molecule has 0 aliphatic heterocycles. The molecule has 1 aromatic heterocycles. The first-order valence-electron chi connectivity index (χ1n) is 8.08. The van der Waals surface area contributed by atoms with Crippen LogP contribution >= 0.6 is 0 Å². The van der Waals surface area contributed by atoms with Gasteiger partial charge in [0.15, 0.2) is 0 Å². The van der Waals surface area contributed by atoms with Gasteiger partial charge in [0.1, 0.15) is 5.75 Å². The van der Waals surface area contributed by atoms with Crippen LogP contribution in [-0.2, 0) is 11.3 Å².